The molecule has 0 fully saturated rings. The number of hydrogen-bond acceptors (Lipinski definition) is 2. The average Bonchev–Trinajstić information content (AvgIpc) is 2.41. The van der Waals surface area contributed by atoms with Crippen molar-refractivity contribution in [1.29, 1.82) is 0 Å². The Morgan fingerprint density at radius 3 is 2.60 bits per heavy atom. The van der Waals surface area contributed by atoms with E-state index in [4.69, 9.17) is 16.3 Å². The van der Waals surface area contributed by atoms with E-state index in [-0.39, 0.29) is 11.7 Å². The summed E-state index contributed by atoms with van der Waals surface area (Å²) in [5, 5.41) is 3.18. The van der Waals surface area contributed by atoms with E-state index < -0.39 is 6.10 Å². The van der Waals surface area contributed by atoms with Crippen LogP contribution in [0.15, 0.2) is 48.5 Å². The van der Waals surface area contributed by atoms with Gasteiger partial charge in [-0.15, -0.1) is 0 Å². The van der Waals surface area contributed by atoms with E-state index in [2.05, 4.69) is 5.32 Å². The minimum Gasteiger partial charge on any atom is -0.481 e. The highest BCUT2D eigenvalue weighted by molar-refractivity contribution is 6.30. The second kappa shape index (κ2) is 6.39. The van der Waals surface area contributed by atoms with E-state index >= 15 is 0 Å². The normalized spacial score (nSPS) is 11.8. The molecule has 1 amide bonds. The van der Waals surface area contributed by atoms with Crippen LogP contribution >= 0.6 is 11.6 Å². The third-order valence-corrected chi connectivity index (χ3v) is 2.83. The molecular weight excluding hydrogens is 281 g/mol. The Kier molecular flexibility index (Phi) is 4.58. The van der Waals surface area contributed by atoms with E-state index in [9.17, 15) is 9.18 Å². The standard InChI is InChI=1S/C15H13ClFNO2/c1-10(20-14-4-2-3-11(16)9-14)15(19)18-13-7-5-12(17)6-8-13/h2-10H,1H3,(H,18,19)/t10-/m1/s1. The number of nitrogens with one attached hydrogen (secondary N) is 1. The summed E-state index contributed by atoms with van der Waals surface area (Å²) in [7, 11) is 0. The molecule has 0 unspecified atom stereocenters. The van der Waals surface area contributed by atoms with Gasteiger partial charge in [-0.3, -0.25) is 4.79 Å². The van der Waals surface area contributed by atoms with Gasteiger partial charge in [0.2, 0.25) is 0 Å². The van der Waals surface area contributed by atoms with Crippen molar-refractivity contribution in [3.05, 3.63) is 59.4 Å². The number of benzene rings is 2. The Hall–Kier alpha value is -2.07. The number of carbonyl (C=O) groups is 1. The van der Waals surface area contributed by atoms with Crippen LogP contribution in [0.5, 0.6) is 5.75 Å². The van der Waals surface area contributed by atoms with Crippen LogP contribution < -0.4 is 10.1 Å². The maximum Gasteiger partial charge on any atom is 0.265 e. The summed E-state index contributed by atoms with van der Waals surface area (Å²) in [5.74, 6) is -0.165. The number of amides is 1. The number of rotatable bonds is 4. The van der Waals surface area contributed by atoms with E-state index in [1.165, 1.54) is 24.3 Å². The smallest absolute Gasteiger partial charge is 0.265 e. The number of hydrogen-bond donors (Lipinski definition) is 1. The summed E-state index contributed by atoms with van der Waals surface area (Å²) in [6, 6.07) is 12.3. The van der Waals surface area contributed by atoms with Crippen molar-refractivity contribution in [2.24, 2.45) is 0 Å². The van der Waals surface area contributed by atoms with Gasteiger partial charge in [0.25, 0.3) is 5.91 Å². The van der Waals surface area contributed by atoms with E-state index in [1.807, 2.05) is 0 Å². The van der Waals surface area contributed by atoms with Crippen molar-refractivity contribution in [3.8, 4) is 5.75 Å². The first-order valence-electron chi connectivity index (χ1n) is 6.03. The molecule has 0 bridgehead atoms. The second-order valence-electron chi connectivity index (χ2n) is 4.21. The van der Waals surface area contributed by atoms with Crippen LogP contribution in [0.2, 0.25) is 5.02 Å². The zero-order chi connectivity index (χ0) is 14.5. The maximum atomic E-state index is 12.8. The molecule has 0 aliphatic rings. The highest BCUT2D eigenvalue weighted by Gasteiger charge is 2.15. The summed E-state index contributed by atoms with van der Waals surface area (Å²) in [5.41, 5.74) is 0.512. The zero-order valence-corrected chi connectivity index (χ0v) is 11.5. The summed E-state index contributed by atoms with van der Waals surface area (Å²) in [4.78, 5) is 11.9. The second-order valence-corrected chi connectivity index (χ2v) is 4.65. The predicted molar refractivity (Wildman–Crippen MR) is 76.6 cm³/mol. The SMILES string of the molecule is C[C@@H](Oc1cccc(Cl)c1)C(=O)Nc1ccc(F)cc1. The van der Waals surface area contributed by atoms with Crippen molar-refractivity contribution in [2.75, 3.05) is 5.32 Å². The van der Waals surface area contributed by atoms with E-state index in [1.54, 1.807) is 31.2 Å². The van der Waals surface area contributed by atoms with Crippen LogP contribution in [0.25, 0.3) is 0 Å². The molecule has 0 saturated heterocycles. The Labute approximate surface area is 121 Å². The minimum atomic E-state index is -0.696. The fourth-order valence-corrected chi connectivity index (χ4v) is 1.76. The first-order chi connectivity index (χ1) is 9.54. The van der Waals surface area contributed by atoms with Crippen molar-refractivity contribution in [2.45, 2.75) is 13.0 Å². The molecule has 2 aromatic rings. The van der Waals surface area contributed by atoms with Gasteiger partial charge in [-0.05, 0) is 49.4 Å². The first-order valence-corrected chi connectivity index (χ1v) is 6.41. The number of carbonyl (C=O) groups excluding carboxylic acids is 1. The third kappa shape index (κ3) is 3.96. The Bertz CT molecular complexity index is 601. The van der Waals surface area contributed by atoms with Gasteiger partial charge in [0, 0.05) is 10.7 Å². The Balaban J connectivity index is 1.96. The largest absolute Gasteiger partial charge is 0.481 e. The highest BCUT2D eigenvalue weighted by atomic mass is 35.5. The van der Waals surface area contributed by atoms with Crippen molar-refractivity contribution >= 4 is 23.2 Å². The molecule has 0 heterocycles. The molecule has 0 radical (unpaired) electrons. The molecule has 0 aliphatic heterocycles. The van der Waals surface area contributed by atoms with Crippen LogP contribution in [0.1, 0.15) is 6.92 Å². The lowest BCUT2D eigenvalue weighted by molar-refractivity contribution is -0.122. The topological polar surface area (TPSA) is 38.3 Å². The first kappa shape index (κ1) is 14.3. The minimum absolute atomic E-state index is 0.323. The summed E-state index contributed by atoms with van der Waals surface area (Å²) in [6.45, 7) is 1.62. The summed E-state index contributed by atoms with van der Waals surface area (Å²) >= 11 is 5.84. The fourth-order valence-electron chi connectivity index (χ4n) is 1.58. The molecule has 20 heavy (non-hydrogen) atoms. The molecule has 0 spiro atoms. The van der Waals surface area contributed by atoms with Crippen LogP contribution in [0, 0.1) is 5.82 Å². The van der Waals surface area contributed by atoms with Crippen molar-refractivity contribution in [1.82, 2.24) is 0 Å². The highest BCUT2D eigenvalue weighted by Crippen LogP contribution is 2.18. The Morgan fingerprint density at radius 1 is 1.25 bits per heavy atom. The molecule has 1 atom stereocenters. The lowest BCUT2D eigenvalue weighted by Crippen LogP contribution is -2.30. The molecular formula is C15H13ClFNO2. The molecule has 104 valence electrons. The number of ether oxygens (including phenoxy) is 1. The number of halogens is 2. The molecule has 1 N–H and O–H groups in total. The van der Waals surface area contributed by atoms with Gasteiger partial charge in [0.05, 0.1) is 0 Å². The molecule has 2 rings (SSSR count). The predicted octanol–water partition coefficient (Wildman–Crippen LogP) is 3.89. The zero-order valence-electron chi connectivity index (χ0n) is 10.8. The summed E-state index contributed by atoms with van der Waals surface area (Å²) < 4.78 is 18.2. The van der Waals surface area contributed by atoms with Gasteiger partial charge in [0.15, 0.2) is 6.10 Å². The van der Waals surface area contributed by atoms with Gasteiger partial charge in [0.1, 0.15) is 11.6 Å². The van der Waals surface area contributed by atoms with Gasteiger partial charge in [-0.25, -0.2) is 4.39 Å². The molecule has 5 heteroatoms. The molecule has 0 aromatic heterocycles. The van der Waals surface area contributed by atoms with E-state index in [0.717, 1.165) is 0 Å². The van der Waals surface area contributed by atoms with Gasteiger partial charge >= 0.3 is 0 Å². The van der Waals surface area contributed by atoms with Gasteiger partial charge in [-0.1, -0.05) is 17.7 Å². The summed E-state index contributed by atoms with van der Waals surface area (Å²) in [6.07, 6.45) is -0.696. The maximum absolute atomic E-state index is 12.8. The van der Waals surface area contributed by atoms with E-state index in [0.29, 0.717) is 16.5 Å². The molecule has 2 aromatic carbocycles. The van der Waals surface area contributed by atoms with Crippen molar-refractivity contribution < 1.29 is 13.9 Å². The Morgan fingerprint density at radius 2 is 1.95 bits per heavy atom. The third-order valence-electron chi connectivity index (χ3n) is 2.59. The lowest BCUT2D eigenvalue weighted by atomic mass is 10.3. The lowest BCUT2D eigenvalue weighted by Gasteiger charge is -2.14. The van der Waals surface area contributed by atoms with Gasteiger partial charge < -0.3 is 10.1 Å². The molecule has 3 nitrogen and oxygen atoms in total. The molecule has 0 saturated carbocycles. The van der Waals surface area contributed by atoms with Crippen LogP contribution in [0.4, 0.5) is 10.1 Å². The van der Waals surface area contributed by atoms with Crippen molar-refractivity contribution in [3.63, 3.8) is 0 Å². The monoisotopic (exact) mass is 293 g/mol. The van der Waals surface area contributed by atoms with Crippen LogP contribution in [-0.2, 0) is 4.79 Å². The fraction of sp³-hybridized carbons (Fsp3) is 0.133. The number of anilines is 1. The molecule has 0 aliphatic carbocycles. The van der Waals surface area contributed by atoms with Crippen LogP contribution in [-0.4, -0.2) is 12.0 Å². The van der Waals surface area contributed by atoms with Crippen LogP contribution in [0.3, 0.4) is 0 Å². The van der Waals surface area contributed by atoms with Gasteiger partial charge in [-0.2, -0.15) is 0 Å². The average molecular weight is 294 g/mol. The quantitative estimate of drug-likeness (QED) is 0.929.